The molecular weight excluding hydrogens is 260 g/mol. The summed E-state index contributed by atoms with van der Waals surface area (Å²) in [6.45, 7) is 0.826. The first-order chi connectivity index (χ1) is 9.20. The number of nitrogens with zero attached hydrogens (tertiary/aromatic N) is 2. The van der Waals surface area contributed by atoms with E-state index in [1.165, 1.54) is 5.56 Å². The third kappa shape index (κ3) is 3.55. The van der Waals surface area contributed by atoms with Crippen LogP contribution in [-0.2, 0) is 6.42 Å². The smallest absolute Gasteiger partial charge is 0.152 e. The van der Waals surface area contributed by atoms with E-state index in [4.69, 9.17) is 11.6 Å². The highest BCUT2D eigenvalue weighted by molar-refractivity contribution is 6.31. The predicted molar refractivity (Wildman–Crippen MR) is 78.1 cm³/mol. The molecule has 0 amide bonds. The minimum atomic E-state index is 0.577. The zero-order valence-electron chi connectivity index (χ0n) is 10.7. The molecule has 0 unspecified atom stereocenters. The highest BCUT2D eigenvalue weighted by Crippen LogP contribution is 2.22. The molecule has 0 bridgehead atoms. The molecule has 0 atom stereocenters. The summed E-state index contributed by atoms with van der Waals surface area (Å²) in [4.78, 5) is 17.1. The fraction of sp³-hybridized carbons (Fsp3) is 0.200. The van der Waals surface area contributed by atoms with Crippen LogP contribution in [0.5, 0.6) is 0 Å². The van der Waals surface area contributed by atoms with Gasteiger partial charge in [0.1, 0.15) is 0 Å². The van der Waals surface area contributed by atoms with Crippen LogP contribution in [0, 0.1) is 0 Å². The lowest BCUT2D eigenvalue weighted by molar-refractivity contribution is 0.112. The largest absolute Gasteiger partial charge is 0.374 e. The third-order valence-corrected chi connectivity index (χ3v) is 3.25. The monoisotopic (exact) mass is 274 g/mol. The van der Waals surface area contributed by atoms with E-state index in [9.17, 15) is 4.79 Å². The van der Waals surface area contributed by atoms with Gasteiger partial charge in [-0.3, -0.25) is 9.78 Å². The summed E-state index contributed by atoms with van der Waals surface area (Å²) >= 11 is 5.89. The Balaban J connectivity index is 2.08. The number of pyridine rings is 1. The van der Waals surface area contributed by atoms with Crippen LogP contribution in [0.4, 0.5) is 5.69 Å². The van der Waals surface area contributed by atoms with Gasteiger partial charge < -0.3 is 4.90 Å². The quantitative estimate of drug-likeness (QED) is 0.785. The zero-order chi connectivity index (χ0) is 13.7. The minimum absolute atomic E-state index is 0.577. The average Bonchev–Trinajstić information content (AvgIpc) is 2.45. The Hall–Kier alpha value is -1.87. The van der Waals surface area contributed by atoms with E-state index in [1.54, 1.807) is 24.5 Å². The second-order valence-corrected chi connectivity index (χ2v) is 4.78. The van der Waals surface area contributed by atoms with Gasteiger partial charge in [-0.1, -0.05) is 11.6 Å². The first-order valence-corrected chi connectivity index (χ1v) is 6.43. The molecule has 1 aromatic carbocycles. The van der Waals surface area contributed by atoms with Gasteiger partial charge in [0.15, 0.2) is 6.29 Å². The lowest BCUT2D eigenvalue weighted by atomic mass is 10.1. The summed E-state index contributed by atoms with van der Waals surface area (Å²) in [5.74, 6) is 0. The Morgan fingerprint density at radius 1 is 1.26 bits per heavy atom. The Kier molecular flexibility index (Phi) is 4.53. The molecule has 2 rings (SSSR count). The topological polar surface area (TPSA) is 33.2 Å². The van der Waals surface area contributed by atoms with Crippen LogP contribution in [-0.4, -0.2) is 24.9 Å². The zero-order valence-corrected chi connectivity index (χ0v) is 11.5. The van der Waals surface area contributed by atoms with Gasteiger partial charge in [-0.2, -0.15) is 0 Å². The number of anilines is 1. The van der Waals surface area contributed by atoms with Crippen molar-refractivity contribution in [3.05, 3.63) is 58.9 Å². The van der Waals surface area contributed by atoms with Crippen molar-refractivity contribution in [1.82, 2.24) is 4.98 Å². The molecule has 19 heavy (non-hydrogen) atoms. The Morgan fingerprint density at radius 2 is 2.00 bits per heavy atom. The summed E-state index contributed by atoms with van der Waals surface area (Å²) in [6.07, 6.45) is 5.31. The average molecular weight is 275 g/mol. The summed E-state index contributed by atoms with van der Waals surface area (Å²) in [5.41, 5.74) is 2.74. The second kappa shape index (κ2) is 6.34. The highest BCUT2D eigenvalue weighted by Gasteiger charge is 2.07. The standard InChI is InChI=1S/C15H15ClN2O/c1-18(9-6-12-4-7-17-8-5-12)15-3-2-14(16)10-13(15)11-19/h2-5,7-8,10-11H,6,9H2,1H3. The van der Waals surface area contributed by atoms with Crippen LogP contribution in [0.25, 0.3) is 0 Å². The van der Waals surface area contributed by atoms with Crippen LogP contribution in [0.3, 0.4) is 0 Å². The molecule has 0 aliphatic heterocycles. The number of rotatable bonds is 5. The summed E-state index contributed by atoms with van der Waals surface area (Å²) in [7, 11) is 1.97. The van der Waals surface area contributed by atoms with E-state index in [2.05, 4.69) is 9.88 Å². The maximum atomic E-state index is 11.1. The molecule has 0 radical (unpaired) electrons. The van der Waals surface area contributed by atoms with Crippen molar-refractivity contribution in [2.24, 2.45) is 0 Å². The van der Waals surface area contributed by atoms with Crippen molar-refractivity contribution < 1.29 is 4.79 Å². The van der Waals surface area contributed by atoms with Gasteiger partial charge >= 0.3 is 0 Å². The van der Waals surface area contributed by atoms with E-state index < -0.39 is 0 Å². The molecule has 98 valence electrons. The molecule has 0 fully saturated rings. The fourth-order valence-corrected chi connectivity index (χ4v) is 2.11. The molecule has 1 aromatic heterocycles. The van der Waals surface area contributed by atoms with Gasteiger partial charge in [0.05, 0.1) is 0 Å². The van der Waals surface area contributed by atoms with E-state index in [-0.39, 0.29) is 0 Å². The number of halogens is 1. The predicted octanol–water partition coefficient (Wildman–Crippen LogP) is 3.23. The maximum absolute atomic E-state index is 11.1. The maximum Gasteiger partial charge on any atom is 0.152 e. The molecule has 0 N–H and O–H groups in total. The number of benzene rings is 1. The van der Waals surface area contributed by atoms with Crippen molar-refractivity contribution in [1.29, 1.82) is 0 Å². The van der Waals surface area contributed by atoms with Crippen molar-refractivity contribution in [2.75, 3.05) is 18.5 Å². The lowest BCUT2D eigenvalue weighted by Crippen LogP contribution is -2.21. The normalized spacial score (nSPS) is 10.2. The van der Waals surface area contributed by atoms with Crippen LogP contribution in [0.2, 0.25) is 5.02 Å². The summed E-state index contributed by atoms with van der Waals surface area (Å²) in [6, 6.07) is 9.35. The van der Waals surface area contributed by atoms with Gasteiger partial charge in [-0.15, -0.1) is 0 Å². The van der Waals surface area contributed by atoms with Crippen molar-refractivity contribution in [3.8, 4) is 0 Å². The van der Waals surface area contributed by atoms with E-state index in [0.29, 0.717) is 10.6 Å². The first kappa shape index (κ1) is 13.6. The van der Waals surface area contributed by atoms with E-state index in [0.717, 1.165) is 24.9 Å². The number of aldehydes is 1. The molecule has 0 aliphatic carbocycles. The summed E-state index contributed by atoms with van der Waals surface area (Å²) < 4.78 is 0. The third-order valence-electron chi connectivity index (χ3n) is 3.01. The van der Waals surface area contributed by atoms with Crippen molar-refractivity contribution >= 4 is 23.6 Å². The lowest BCUT2D eigenvalue weighted by Gasteiger charge is -2.21. The molecule has 0 aliphatic rings. The Bertz CT molecular complexity index is 557. The highest BCUT2D eigenvalue weighted by atomic mass is 35.5. The van der Waals surface area contributed by atoms with Gasteiger partial charge in [-0.25, -0.2) is 0 Å². The number of carbonyl (C=O) groups excluding carboxylic acids is 1. The van der Waals surface area contributed by atoms with Gasteiger partial charge in [0.25, 0.3) is 0 Å². The molecule has 0 spiro atoms. The molecule has 2 aromatic rings. The summed E-state index contributed by atoms with van der Waals surface area (Å²) in [5, 5.41) is 0.577. The SMILES string of the molecule is CN(CCc1ccncc1)c1ccc(Cl)cc1C=O. The Labute approximate surface area is 117 Å². The molecule has 4 heteroatoms. The van der Waals surface area contributed by atoms with E-state index >= 15 is 0 Å². The molecule has 0 saturated heterocycles. The van der Waals surface area contributed by atoms with Crippen LogP contribution >= 0.6 is 11.6 Å². The number of carbonyl (C=O) groups is 1. The molecule has 0 saturated carbocycles. The van der Waals surface area contributed by atoms with Gasteiger partial charge in [-0.05, 0) is 42.3 Å². The van der Waals surface area contributed by atoms with Crippen molar-refractivity contribution in [3.63, 3.8) is 0 Å². The number of hydrogen-bond acceptors (Lipinski definition) is 3. The van der Waals surface area contributed by atoms with Crippen LogP contribution < -0.4 is 4.90 Å². The molecule has 1 heterocycles. The number of hydrogen-bond donors (Lipinski definition) is 0. The molecular formula is C15H15ClN2O. The molecule has 3 nitrogen and oxygen atoms in total. The van der Waals surface area contributed by atoms with Gasteiger partial charge in [0.2, 0.25) is 0 Å². The Morgan fingerprint density at radius 3 is 2.68 bits per heavy atom. The van der Waals surface area contributed by atoms with E-state index in [1.807, 2.05) is 25.2 Å². The minimum Gasteiger partial charge on any atom is -0.374 e. The second-order valence-electron chi connectivity index (χ2n) is 4.35. The number of likely N-dealkylation sites (N-methyl/N-ethyl adjacent to an activating group) is 1. The first-order valence-electron chi connectivity index (χ1n) is 6.05. The number of aromatic nitrogens is 1. The van der Waals surface area contributed by atoms with Crippen molar-refractivity contribution in [2.45, 2.75) is 6.42 Å². The van der Waals surface area contributed by atoms with Gasteiger partial charge in [0, 0.05) is 42.3 Å². The van der Waals surface area contributed by atoms with Crippen LogP contribution in [0.1, 0.15) is 15.9 Å². The van der Waals surface area contributed by atoms with Crippen LogP contribution in [0.15, 0.2) is 42.7 Å². The fourth-order valence-electron chi connectivity index (χ4n) is 1.93.